The lowest BCUT2D eigenvalue weighted by Crippen LogP contribution is -2.70. The van der Waals surface area contributed by atoms with E-state index >= 15 is 0 Å². The Bertz CT molecular complexity index is 1290. The van der Waals surface area contributed by atoms with Crippen LogP contribution in [0.1, 0.15) is 63.2 Å². The van der Waals surface area contributed by atoms with Crippen LogP contribution < -0.4 is 10.1 Å². The van der Waals surface area contributed by atoms with Crippen molar-refractivity contribution in [2.75, 3.05) is 18.5 Å². The molecule has 1 unspecified atom stereocenters. The van der Waals surface area contributed by atoms with E-state index in [1.807, 2.05) is 6.92 Å². The van der Waals surface area contributed by atoms with Gasteiger partial charge in [0, 0.05) is 36.4 Å². The maximum atomic E-state index is 12.3. The van der Waals surface area contributed by atoms with Gasteiger partial charge in [0.2, 0.25) is 11.7 Å². The van der Waals surface area contributed by atoms with Crippen LogP contribution in [0.2, 0.25) is 0 Å². The summed E-state index contributed by atoms with van der Waals surface area (Å²) in [6, 6.07) is 4.36. The van der Waals surface area contributed by atoms with Crippen LogP contribution in [-0.2, 0) is 35.3 Å². The van der Waals surface area contributed by atoms with Gasteiger partial charge in [-0.1, -0.05) is 13.8 Å². The number of carbonyl (C=O) groups is 2. The number of benzene rings is 1. The van der Waals surface area contributed by atoms with Crippen LogP contribution in [-0.4, -0.2) is 74.4 Å². The monoisotopic (exact) mass is 587 g/mol. The Balaban J connectivity index is 1.05. The number of rotatable bonds is 10. The minimum absolute atomic E-state index is 0.0150. The van der Waals surface area contributed by atoms with Gasteiger partial charge in [0.15, 0.2) is 24.5 Å². The van der Waals surface area contributed by atoms with Gasteiger partial charge in [0.25, 0.3) is 0 Å². The molecule has 5 heterocycles. The van der Waals surface area contributed by atoms with E-state index in [0.29, 0.717) is 24.6 Å². The van der Waals surface area contributed by atoms with E-state index in [9.17, 15) is 14.7 Å². The van der Waals surface area contributed by atoms with Crippen molar-refractivity contribution in [1.82, 2.24) is 20.2 Å². The smallest absolute Gasteiger partial charge is 0.339 e. The third kappa shape index (κ3) is 5.37. The topological polar surface area (TPSA) is 165 Å². The molecule has 1 saturated carbocycles. The Morgan fingerprint density at radius 1 is 1.17 bits per heavy atom. The van der Waals surface area contributed by atoms with Crippen LogP contribution in [0, 0.1) is 23.7 Å². The van der Waals surface area contributed by atoms with Gasteiger partial charge >= 0.3 is 5.97 Å². The first kappa shape index (κ1) is 28.9. The molecule has 7 rings (SSSR count). The Morgan fingerprint density at radius 2 is 2.02 bits per heavy atom. The number of ether oxygens (including phenoxy) is 4. The first-order valence-corrected chi connectivity index (χ1v) is 14.5. The lowest BCUT2D eigenvalue weighted by molar-refractivity contribution is -0.577. The number of amides is 1. The molecule has 0 radical (unpaired) electrons. The van der Waals surface area contributed by atoms with Crippen LogP contribution in [0.15, 0.2) is 24.5 Å². The average molecular weight is 588 g/mol. The van der Waals surface area contributed by atoms with Crippen LogP contribution >= 0.6 is 0 Å². The number of aromatic nitrogens is 4. The molecule has 42 heavy (non-hydrogen) atoms. The maximum absolute atomic E-state index is 12.3. The summed E-state index contributed by atoms with van der Waals surface area (Å²) in [6.45, 7) is 6.69. The molecule has 1 spiro atoms. The van der Waals surface area contributed by atoms with Crippen molar-refractivity contribution in [3.63, 3.8) is 0 Å². The standard InChI is InChI=1S/C28H37N5O9/c1-16-5-8-21-17(2)25(39-26-28(21)20(16)9-10-27(3,40-26)41-42-28)38-12-4-11-37-22-13-18(6-7-19(22)24(35)36)31-23(34)14-33-30-15-29-32-33/h6-7,13,15-17,20-21,25-26H,4-5,8-12,14H2,1-3H3,(H,31,34)(H,35,36)/t16-,17-,20?,21+,25+,26-,27-,28-/m1/s1. The third-order valence-electron chi connectivity index (χ3n) is 9.10. The summed E-state index contributed by atoms with van der Waals surface area (Å²) >= 11 is 0. The van der Waals surface area contributed by atoms with Crippen molar-refractivity contribution in [3.8, 4) is 5.75 Å². The lowest BCUT2D eigenvalue weighted by atomic mass is 9.58. The number of carbonyl (C=O) groups excluding carboxylic acids is 1. The molecule has 1 aliphatic carbocycles. The van der Waals surface area contributed by atoms with Gasteiger partial charge in [0.1, 0.15) is 17.9 Å². The second-order valence-corrected chi connectivity index (χ2v) is 11.9. The molecule has 14 heteroatoms. The van der Waals surface area contributed by atoms with Crippen molar-refractivity contribution >= 4 is 17.6 Å². The average Bonchev–Trinajstić information content (AvgIpc) is 3.35. The number of carboxylic acids is 1. The number of anilines is 1. The van der Waals surface area contributed by atoms with E-state index in [1.165, 1.54) is 24.5 Å². The van der Waals surface area contributed by atoms with E-state index in [1.54, 1.807) is 0 Å². The van der Waals surface area contributed by atoms with Gasteiger partial charge in [-0.25, -0.2) is 14.6 Å². The molecule has 1 aromatic carbocycles. The number of aromatic carboxylic acids is 1. The SMILES string of the molecule is C[C@H]1[C@@H](OCCCOc2cc(NC(=O)Cn3ncnn3)ccc2C(=O)O)O[C@@H]2O[C@@]3(C)CCC4[C@H](C)CC[C@@H]1[C@]42OO3. The summed E-state index contributed by atoms with van der Waals surface area (Å²) in [7, 11) is 0. The molecule has 2 aromatic rings. The normalized spacial score (nSPS) is 35.2. The molecular formula is C28H37N5O9. The maximum Gasteiger partial charge on any atom is 0.339 e. The Kier molecular flexibility index (Phi) is 7.91. The van der Waals surface area contributed by atoms with Gasteiger partial charge < -0.3 is 29.4 Å². The number of hydrogen-bond donors (Lipinski definition) is 2. The fourth-order valence-electron chi connectivity index (χ4n) is 6.99. The fraction of sp³-hybridized carbons (Fsp3) is 0.679. The highest BCUT2D eigenvalue weighted by molar-refractivity contribution is 5.94. The number of hydrogen-bond acceptors (Lipinski definition) is 11. The van der Waals surface area contributed by atoms with Gasteiger partial charge in [-0.3, -0.25) is 4.79 Å². The highest BCUT2D eigenvalue weighted by Gasteiger charge is 2.69. The molecule has 2 N–H and O–H groups in total. The number of tetrazole rings is 1. The molecule has 14 nitrogen and oxygen atoms in total. The van der Waals surface area contributed by atoms with Gasteiger partial charge in [0.05, 0.1) is 13.2 Å². The Hall–Kier alpha value is -3.17. The van der Waals surface area contributed by atoms with Crippen molar-refractivity contribution in [1.29, 1.82) is 0 Å². The summed E-state index contributed by atoms with van der Waals surface area (Å²) < 4.78 is 24.8. The number of nitrogens with one attached hydrogen (secondary N) is 1. The van der Waals surface area contributed by atoms with Crippen LogP contribution in [0.5, 0.6) is 5.75 Å². The summed E-state index contributed by atoms with van der Waals surface area (Å²) in [5.41, 5.74) is -0.276. The highest BCUT2D eigenvalue weighted by atomic mass is 17.3. The Morgan fingerprint density at radius 3 is 2.81 bits per heavy atom. The summed E-state index contributed by atoms with van der Waals surface area (Å²) in [5.74, 6) is -1.26. The third-order valence-corrected chi connectivity index (χ3v) is 9.10. The molecule has 5 fully saturated rings. The van der Waals surface area contributed by atoms with Crippen molar-refractivity contribution in [3.05, 3.63) is 30.1 Å². The molecule has 8 atom stereocenters. The summed E-state index contributed by atoms with van der Waals surface area (Å²) in [6.07, 6.45) is 4.44. The van der Waals surface area contributed by atoms with Crippen LogP contribution in [0.25, 0.3) is 0 Å². The molecule has 1 amide bonds. The number of nitrogens with zero attached hydrogens (tertiary/aromatic N) is 4. The molecule has 4 aliphatic heterocycles. The van der Waals surface area contributed by atoms with Crippen molar-refractivity contribution in [2.45, 2.75) is 83.4 Å². The Labute approximate surface area is 242 Å². The summed E-state index contributed by atoms with van der Waals surface area (Å²) in [5, 5.41) is 23.3. The second kappa shape index (κ2) is 11.5. The largest absolute Gasteiger partial charge is 0.493 e. The van der Waals surface area contributed by atoms with Crippen LogP contribution in [0.3, 0.4) is 0 Å². The number of fused-ring (bicyclic) bond motifs is 2. The first-order valence-electron chi connectivity index (χ1n) is 14.5. The van der Waals surface area contributed by atoms with E-state index < -0.39 is 35.8 Å². The molecule has 2 bridgehead atoms. The molecular weight excluding hydrogens is 550 g/mol. The van der Waals surface area contributed by atoms with E-state index in [4.69, 9.17) is 28.7 Å². The zero-order chi connectivity index (χ0) is 29.5. The first-order chi connectivity index (χ1) is 20.2. The fourth-order valence-corrected chi connectivity index (χ4v) is 6.99. The minimum atomic E-state index is -1.14. The minimum Gasteiger partial charge on any atom is -0.493 e. The van der Waals surface area contributed by atoms with Crippen molar-refractivity contribution in [2.24, 2.45) is 23.7 Å². The van der Waals surface area contributed by atoms with Gasteiger partial charge in [-0.15, -0.1) is 10.2 Å². The summed E-state index contributed by atoms with van der Waals surface area (Å²) in [4.78, 5) is 37.2. The zero-order valence-electron chi connectivity index (χ0n) is 23.9. The van der Waals surface area contributed by atoms with Gasteiger partial charge in [-0.05, 0) is 55.4 Å². The zero-order valence-corrected chi connectivity index (χ0v) is 23.9. The van der Waals surface area contributed by atoms with E-state index in [2.05, 4.69) is 34.6 Å². The quantitative estimate of drug-likeness (QED) is 0.309. The molecule has 1 aromatic heterocycles. The van der Waals surface area contributed by atoms with Crippen LogP contribution in [0.4, 0.5) is 5.69 Å². The predicted octanol–water partition coefficient (Wildman–Crippen LogP) is 3.00. The second-order valence-electron chi connectivity index (χ2n) is 11.9. The lowest BCUT2D eigenvalue weighted by Gasteiger charge is -2.60. The van der Waals surface area contributed by atoms with E-state index in [0.717, 1.165) is 30.5 Å². The highest BCUT2D eigenvalue weighted by Crippen LogP contribution is 2.60. The molecule has 4 saturated heterocycles. The van der Waals surface area contributed by atoms with Gasteiger partial charge in [-0.2, -0.15) is 4.80 Å². The predicted molar refractivity (Wildman–Crippen MR) is 143 cm³/mol. The molecule has 228 valence electrons. The van der Waals surface area contributed by atoms with Crippen molar-refractivity contribution < 1.29 is 43.4 Å². The molecule has 5 aliphatic rings. The number of carboxylic acid groups (broad SMARTS) is 1. The van der Waals surface area contributed by atoms with E-state index in [-0.39, 0.29) is 42.2 Å².